The Balaban J connectivity index is 2.84. The van der Waals surface area contributed by atoms with Gasteiger partial charge >= 0.3 is 12.0 Å². The number of aryl methyl sites for hydroxylation is 2. The number of carbonyl (C=O) groups excluding carboxylic acids is 1. The number of amides is 2. The van der Waals surface area contributed by atoms with E-state index in [9.17, 15) is 14.7 Å². The van der Waals surface area contributed by atoms with Gasteiger partial charge in [-0.3, -0.25) is 0 Å². The summed E-state index contributed by atoms with van der Waals surface area (Å²) >= 11 is 0. The number of aliphatic carboxylic acids is 1. The van der Waals surface area contributed by atoms with Crippen LogP contribution in [0.3, 0.4) is 0 Å². The minimum atomic E-state index is -1.01. The van der Waals surface area contributed by atoms with Crippen molar-refractivity contribution in [2.75, 3.05) is 5.32 Å². The average molecular weight is 292 g/mol. The van der Waals surface area contributed by atoms with Crippen molar-refractivity contribution in [2.24, 2.45) is 5.92 Å². The summed E-state index contributed by atoms with van der Waals surface area (Å²) < 4.78 is 0. The van der Waals surface area contributed by atoms with Crippen LogP contribution in [0.1, 0.15) is 38.3 Å². The van der Waals surface area contributed by atoms with Crippen LogP contribution < -0.4 is 10.6 Å². The molecule has 1 rings (SSSR count). The number of anilines is 1. The first-order valence-corrected chi connectivity index (χ1v) is 7.29. The summed E-state index contributed by atoms with van der Waals surface area (Å²) in [6, 6.07) is 4.44. The molecule has 5 nitrogen and oxygen atoms in total. The van der Waals surface area contributed by atoms with E-state index in [1.807, 2.05) is 45.9 Å². The maximum Gasteiger partial charge on any atom is 0.326 e. The van der Waals surface area contributed by atoms with Crippen LogP contribution in [0.25, 0.3) is 0 Å². The topological polar surface area (TPSA) is 78.4 Å². The number of rotatable bonds is 6. The monoisotopic (exact) mass is 292 g/mol. The van der Waals surface area contributed by atoms with E-state index in [-0.39, 0.29) is 5.92 Å². The number of para-hydroxylation sites is 1. The molecule has 3 N–H and O–H groups in total. The number of carbonyl (C=O) groups is 2. The van der Waals surface area contributed by atoms with Crippen molar-refractivity contribution in [3.8, 4) is 0 Å². The molecule has 0 radical (unpaired) electrons. The van der Waals surface area contributed by atoms with Crippen LogP contribution in [-0.2, 0) is 11.2 Å². The van der Waals surface area contributed by atoms with E-state index < -0.39 is 18.0 Å². The fraction of sp³-hybridized carbons (Fsp3) is 0.500. The molecule has 2 atom stereocenters. The van der Waals surface area contributed by atoms with Crippen molar-refractivity contribution in [3.63, 3.8) is 0 Å². The molecule has 0 spiro atoms. The van der Waals surface area contributed by atoms with Gasteiger partial charge in [0.1, 0.15) is 6.04 Å². The number of carboxylic acids is 1. The van der Waals surface area contributed by atoms with Gasteiger partial charge in [0, 0.05) is 5.69 Å². The number of nitrogens with one attached hydrogen (secondary N) is 2. The van der Waals surface area contributed by atoms with Gasteiger partial charge in [0.05, 0.1) is 0 Å². The highest BCUT2D eigenvalue weighted by Crippen LogP contribution is 2.21. The highest BCUT2D eigenvalue weighted by molar-refractivity contribution is 5.93. The fourth-order valence-electron chi connectivity index (χ4n) is 2.18. The van der Waals surface area contributed by atoms with Gasteiger partial charge in [-0.15, -0.1) is 0 Å². The van der Waals surface area contributed by atoms with Crippen molar-refractivity contribution >= 4 is 17.7 Å². The van der Waals surface area contributed by atoms with Crippen LogP contribution in [0.4, 0.5) is 10.5 Å². The summed E-state index contributed by atoms with van der Waals surface area (Å²) in [5.41, 5.74) is 2.74. The van der Waals surface area contributed by atoms with Crippen molar-refractivity contribution in [2.45, 2.75) is 46.6 Å². The van der Waals surface area contributed by atoms with E-state index in [0.717, 1.165) is 23.2 Å². The van der Waals surface area contributed by atoms with Crippen molar-refractivity contribution in [3.05, 3.63) is 29.3 Å². The summed E-state index contributed by atoms with van der Waals surface area (Å²) in [6.45, 7) is 7.64. The smallest absolute Gasteiger partial charge is 0.326 e. The van der Waals surface area contributed by atoms with Crippen molar-refractivity contribution in [1.29, 1.82) is 0 Å². The molecule has 0 fully saturated rings. The number of urea groups is 1. The molecule has 0 saturated carbocycles. The second-order valence-corrected chi connectivity index (χ2v) is 5.26. The predicted molar refractivity (Wildman–Crippen MR) is 83.6 cm³/mol. The molecule has 0 aliphatic rings. The number of hydrogen-bond acceptors (Lipinski definition) is 2. The van der Waals surface area contributed by atoms with Gasteiger partial charge < -0.3 is 15.7 Å². The molecule has 2 amide bonds. The third kappa shape index (κ3) is 4.48. The SMILES string of the molecule is CCc1cccc(C)c1NC(=O)N[C@H](C(=O)O)[C@@H](C)CC. The van der Waals surface area contributed by atoms with E-state index in [2.05, 4.69) is 10.6 Å². The molecular weight excluding hydrogens is 268 g/mol. The van der Waals surface area contributed by atoms with E-state index in [1.165, 1.54) is 0 Å². The predicted octanol–water partition coefficient (Wildman–Crippen LogP) is 3.18. The molecule has 0 bridgehead atoms. The van der Waals surface area contributed by atoms with E-state index in [4.69, 9.17) is 0 Å². The first-order chi connectivity index (χ1) is 9.90. The van der Waals surface area contributed by atoms with Crippen LogP contribution in [0.2, 0.25) is 0 Å². The Morgan fingerprint density at radius 1 is 1.29 bits per heavy atom. The summed E-state index contributed by atoms with van der Waals surface area (Å²) in [7, 11) is 0. The maximum absolute atomic E-state index is 12.1. The Morgan fingerprint density at radius 3 is 2.48 bits per heavy atom. The third-order valence-corrected chi connectivity index (χ3v) is 3.74. The Bertz CT molecular complexity index is 514. The van der Waals surface area contributed by atoms with Gasteiger partial charge in [-0.1, -0.05) is 45.4 Å². The Kier molecular flexibility index (Phi) is 6.21. The molecule has 21 heavy (non-hydrogen) atoms. The lowest BCUT2D eigenvalue weighted by Crippen LogP contribution is -2.46. The molecule has 0 aliphatic carbocycles. The molecule has 1 aromatic carbocycles. The van der Waals surface area contributed by atoms with Crippen LogP contribution in [0.5, 0.6) is 0 Å². The third-order valence-electron chi connectivity index (χ3n) is 3.74. The standard InChI is InChI=1S/C16H24N2O3/c1-5-10(3)14(15(19)20)18-16(21)17-13-11(4)8-7-9-12(13)6-2/h7-10,14H,5-6H2,1-4H3,(H,19,20)(H2,17,18,21)/t10-,14-/m0/s1. The molecule has 116 valence electrons. The minimum Gasteiger partial charge on any atom is -0.480 e. The zero-order valence-corrected chi connectivity index (χ0v) is 13.1. The lowest BCUT2D eigenvalue weighted by Gasteiger charge is -2.21. The molecule has 0 aromatic heterocycles. The lowest BCUT2D eigenvalue weighted by molar-refractivity contribution is -0.140. The lowest BCUT2D eigenvalue weighted by atomic mass is 9.99. The minimum absolute atomic E-state index is 0.129. The zero-order valence-electron chi connectivity index (χ0n) is 13.1. The maximum atomic E-state index is 12.1. The van der Waals surface area contributed by atoms with E-state index >= 15 is 0 Å². The van der Waals surface area contributed by atoms with Gasteiger partial charge in [0.2, 0.25) is 0 Å². The van der Waals surface area contributed by atoms with Crippen LogP contribution >= 0.6 is 0 Å². The summed E-state index contributed by atoms with van der Waals surface area (Å²) in [4.78, 5) is 23.3. The molecule has 0 unspecified atom stereocenters. The highest BCUT2D eigenvalue weighted by Gasteiger charge is 2.25. The van der Waals surface area contributed by atoms with Crippen molar-refractivity contribution in [1.82, 2.24) is 5.32 Å². The summed E-state index contributed by atoms with van der Waals surface area (Å²) in [6.07, 6.45) is 1.48. The van der Waals surface area contributed by atoms with Crippen LogP contribution in [0, 0.1) is 12.8 Å². The largest absolute Gasteiger partial charge is 0.480 e. The fourth-order valence-corrected chi connectivity index (χ4v) is 2.18. The highest BCUT2D eigenvalue weighted by atomic mass is 16.4. The Morgan fingerprint density at radius 2 is 1.95 bits per heavy atom. The number of benzene rings is 1. The summed E-state index contributed by atoms with van der Waals surface area (Å²) in [5.74, 6) is -1.14. The second-order valence-electron chi connectivity index (χ2n) is 5.26. The quantitative estimate of drug-likeness (QED) is 0.753. The van der Waals surface area contributed by atoms with Gasteiger partial charge in [-0.2, -0.15) is 0 Å². The molecule has 0 saturated heterocycles. The first-order valence-electron chi connectivity index (χ1n) is 7.29. The van der Waals surface area contributed by atoms with Crippen LogP contribution in [-0.4, -0.2) is 23.1 Å². The Hall–Kier alpha value is -2.04. The number of carboxylic acid groups (broad SMARTS) is 1. The zero-order chi connectivity index (χ0) is 16.0. The van der Waals surface area contributed by atoms with Gasteiger partial charge in [0.25, 0.3) is 0 Å². The number of hydrogen-bond donors (Lipinski definition) is 3. The van der Waals surface area contributed by atoms with Crippen LogP contribution in [0.15, 0.2) is 18.2 Å². The van der Waals surface area contributed by atoms with Gasteiger partial charge in [-0.05, 0) is 30.4 Å². The van der Waals surface area contributed by atoms with Gasteiger partial charge in [0.15, 0.2) is 0 Å². The second kappa shape index (κ2) is 7.67. The van der Waals surface area contributed by atoms with Crippen molar-refractivity contribution < 1.29 is 14.7 Å². The molecule has 1 aromatic rings. The normalized spacial score (nSPS) is 13.3. The molecule has 0 aliphatic heterocycles. The molecular formula is C16H24N2O3. The first kappa shape index (κ1) is 17.0. The van der Waals surface area contributed by atoms with E-state index in [1.54, 1.807) is 0 Å². The Labute approximate surface area is 125 Å². The summed E-state index contributed by atoms with van der Waals surface area (Å²) in [5, 5.41) is 14.5. The molecule has 5 heteroatoms. The van der Waals surface area contributed by atoms with E-state index in [0.29, 0.717) is 6.42 Å². The average Bonchev–Trinajstić information content (AvgIpc) is 2.45. The van der Waals surface area contributed by atoms with Gasteiger partial charge in [-0.25, -0.2) is 9.59 Å². The molecule has 0 heterocycles.